The van der Waals surface area contributed by atoms with Crippen molar-refractivity contribution in [3.8, 4) is 23.0 Å². The minimum absolute atomic E-state index is 0.0483. The van der Waals surface area contributed by atoms with Gasteiger partial charge in [0.15, 0.2) is 23.0 Å². The first-order valence-electron chi connectivity index (χ1n) is 13.0. The van der Waals surface area contributed by atoms with E-state index >= 15 is 0 Å². The zero-order valence-corrected chi connectivity index (χ0v) is 25.0. The molecule has 11 nitrogen and oxygen atoms in total. The number of ether oxygens (including phenoxy) is 6. The van der Waals surface area contributed by atoms with E-state index < -0.39 is 23.4 Å². The van der Waals surface area contributed by atoms with Gasteiger partial charge in [0.1, 0.15) is 10.5 Å². The van der Waals surface area contributed by atoms with Gasteiger partial charge in [0.25, 0.3) is 5.56 Å². The lowest BCUT2D eigenvalue weighted by Crippen LogP contribution is -2.42. The van der Waals surface area contributed by atoms with Crippen molar-refractivity contribution in [3.63, 3.8) is 0 Å². The quantitative estimate of drug-likeness (QED) is 0.346. The highest BCUT2D eigenvalue weighted by atomic mass is 32.1. The molecule has 222 valence electrons. The van der Waals surface area contributed by atoms with Crippen LogP contribution in [0.1, 0.15) is 30.9 Å². The number of nitrogens with two attached hydrogens (primary N) is 1. The molecule has 0 aliphatic carbocycles. The molecule has 2 aromatic carbocycles. The average molecular weight is 597 g/mol. The third kappa shape index (κ3) is 5.45. The molecular weight excluding hydrogens is 564 g/mol. The smallest absolute Gasteiger partial charge is 0.338 e. The molecule has 0 spiro atoms. The zero-order chi connectivity index (χ0) is 30.6. The van der Waals surface area contributed by atoms with E-state index in [1.165, 1.54) is 28.4 Å². The second-order valence-corrected chi connectivity index (χ2v) is 9.90. The van der Waals surface area contributed by atoms with Gasteiger partial charge >= 0.3 is 11.9 Å². The molecule has 4 rings (SSSR count). The number of hydrogen-bond acceptors (Lipinski definition) is 11. The molecule has 1 atom stereocenters. The number of fused-ring (bicyclic) bond motifs is 1. The van der Waals surface area contributed by atoms with E-state index in [1.54, 1.807) is 56.3 Å². The van der Waals surface area contributed by atoms with Gasteiger partial charge in [-0.25, -0.2) is 9.59 Å². The topological polar surface area (TPSA) is 138 Å². The van der Waals surface area contributed by atoms with E-state index in [2.05, 4.69) is 0 Å². The van der Waals surface area contributed by atoms with Crippen molar-refractivity contribution in [2.24, 2.45) is 5.73 Å². The lowest BCUT2D eigenvalue weighted by molar-refractivity contribution is -0.138. The summed E-state index contributed by atoms with van der Waals surface area (Å²) in [7, 11) is 6.01. The predicted molar refractivity (Wildman–Crippen MR) is 157 cm³/mol. The standard InChI is InChI=1S/C30H32N2O9S/c1-7-40-29(34)24-23(17-10-12-19(37-4)21(15-17)39-6)25(30(35)41-8-2)28-32(26(24)31)27(33)22(42-28)14-16-9-11-18(36-3)20(13-16)38-5/h9-15,23H,7-8,31H2,1-6H3/b22-14+. The molecule has 0 bridgehead atoms. The number of nitrogens with zero attached hydrogens (tertiary/aromatic N) is 1. The molecule has 0 fully saturated rings. The molecule has 2 heterocycles. The average Bonchev–Trinajstić information content (AvgIpc) is 3.31. The van der Waals surface area contributed by atoms with Crippen molar-refractivity contribution in [1.82, 2.24) is 4.57 Å². The maximum atomic E-state index is 13.8. The van der Waals surface area contributed by atoms with Crippen LogP contribution in [0.25, 0.3) is 17.5 Å². The summed E-state index contributed by atoms with van der Waals surface area (Å²) in [5.74, 6) is -0.840. The van der Waals surface area contributed by atoms with Crippen LogP contribution >= 0.6 is 11.3 Å². The summed E-state index contributed by atoms with van der Waals surface area (Å²) >= 11 is 1.05. The highest BCUT2D eigenvalue weighted by Crippen LogP contribution is 2.41. The van der Waals surface area contributed by atoms with Crippen LogP contribution in [0.15, 0.2) is 46.8 Å². The fourth-order valence-electron chi connectivity index (χ4n) is 4.72. The maximum absolute atomic E-state index is 13.8. The zero-order valence-electron chi connectivity index (χ0n) is 24.1. The largest absolute Gasteiger partial charge is 0.493 e. The van der Waals surface area contributed by atoms with Crippen molar-refractivity contribution < 1.29 is 38.0 Å². The van der Waals surface area contributed by atoms with Crippen LogP contribution in [0, 0.1) is 0 Å². The third-order valence-corrected chi connectivity index (χ3v) is 7.69. The number of methoxy groups -OCH3 is 4. The van der Waals surface area contributed by atoms with Crippen LogP contribution in [0.4, 0.5) is 0 Å². The summed E-state index contributed by atoms with van der Waals surface area (Å²) in [6.45, 7) is 3.43. The first-order chi connectivity index (χ1) is 20.2. The van der Waals surface area contributed by atoms with Gasteiger partial charge in [-0.1, -0.05) is 12.1 Å². The Labute approximate surface area is 246 Å². The number of aromatic nitrogens is 1. The molecule has 12 heteroatoms. The Morgan fingerprint density at radius 2 is 1.38 bits per heavy atom. The van der Waals surface area contributed by atoms with Gasteiger partial charge in [0.2, 0.25) is 0 Å². The van der Waals surface area contributed by atoms with E-state index in [0.717, 1.165) is 15.9 Å². The van der Waals surface area contributed by atoms with Gasteiger partial charge in [-0.15, -0.1) is 11.3 Å². The summed E-state index contributed by atoms with van der Waals surface area (Å²) < 4.78 is 34.0. The highest BCUT2D eigenvalue weighted by molar-refractivity contribution is 7.07. The fraction of sp³-hybridized carbons (Fsp3) is 0.300. The SMILES string of the molecule is CCOC(=O)C1=C(N)n2c(s/c(=C/c3ccc(OC)c(OC)c3)c2=O)=C(C(=O)OCC)C1c1ccc(OC)c(OC)c1. The molecule has 3 aromatic rings. The highest BCUT2D eigenvalue weighted by Gasteiger charge is 2.40. The van der Waals surface area contributed by atoms with Gasteiger partial charge in [-0.3, -0.25) is 9.36 Å². The predicted octanol–water partition coefficient (Wildman–Crippen LogP) is 1.97. The molecule has 0 amide bonds. The molecule has 0 saturated carbocycles. The van der Waals surface area contributed by atoms with Crippen molar-refractivity contribution in [3.05, 3.63) is 72.6 Å². The first kappa shape index (κ1) is 30.3. The van der Waals surface area contributed by atoms with E-state index in [0.29, 0.717) is 34.1 Å². The van der Waals surface area contributed by atoms with E-state index in [9.17, 15) is 14.4 Å². The molecule has 1 aromatic heterocycles. The number of carbonyl (C=O) groups excluding carboxylic acids is 2. The summed E-state index contributed by atoms with van der Waals surface area (Å²) in [5.41, 5.74) is 7.19. The third-order valence-electron chi connectivity index (χ3n) is 6.59. The lowest BCUT2D eigenvalue weighted by atomic mass is 9.83. The van der Waals surface area contributed by atoms with Gasteiger partial charge in [0, 0.05) is 0 Å². The minimum atomic E-state index is -1.03. The van der Waals surface area contributed by atoms with Crippen LogP contribution < -0.4 is 39.4 Å². The van der Waals surface area contributed by atoms with E-state index in [4.69, 9.17) is 34.2 Å². The van der Waals surface area contributed by atoms with Gasteiger partial charge < -0.3 is 34.2 Å². The molecular formula is C30H32N2O9S. The number of esters is 2. The van der Waals surface area contributed by atoms with Crippen LogP contribution in [-0.4, -0.2) is 58.2 Å². The van der Waals surface area contributed by atoms with Crippen molar-refractivity contribution >= 4 is 40.7 Å². The van der Waals surface area contributed by atoms with Gasteiger partial charge in [0.05, 0.1) is 63.2 Å². The summed E-state index contributed by atoms with van der Waals surface area (Å²) in [4.78, 5) is 40.8. The summed E-state index contributed by atoms with van der Waals surface area (Å²) in [6, 6.07) is 10.2. The summed E-state index contributed by atoms with van der Waals surface area (Å²) in [5, 5.41) is 0. The Balaban J connectivity index is 2.10. The Morgan fingerprint density at radius 1 is 0.833 bits per heavy atom. The molecule has 1 unspecified atom stereocenters. The van der Waals surface area contributed by atoms with Crippen LogP contribution in [0.3, 0.4) is 0 Å². The van der Waals surface area contributed by atoms with Crippen molar-refractivity contribution in [2.75, 3.05) is 41.7 Å². The minimum Gasteiger partial charge on any atom is -0.493 e. The molecule has 42 heavy (non-hydrogen) atoms. The number of carbonyl (C=O) groups is 2. The molecule has 1 aliphatic rings. The van der Waals surface area contributed by atoms with Crippen LogP contribution in [0.2, 0.25) is 0 Å². The number of rotatable bonds is 10. The monoisotopic (exact) mass is 596 g/mol. The number of benzene rings is 2. The molecule has 1 aliphatic heterocycles. The second kappa shape index (κ2) is 12.9. The van der Waals surface area contributed by atoms with Crippen molar-refractivity contribution in [1.29, 1.82) is 0 Å². The normalized spacial score (nSPS) is 14.8. The Bertz CT molecular complexity index is 1740. The summed E-state index contributed by atoms with van der Waals surface area (Å²) in [6.07, 6.45) is 1.64. The van der Waals surface area contributed by atoms with Crippen LogP contribution in [-0.2, 0) is 19.1 Å². The first-order valence-corrected chi connectivity index (χ1v) is 13.8. The molecule has 2 N–H and O–H groups in total. The Morgan fingerprint density at radius 3 is 1.95 bits per heavy atom. The van der Waals surface area contributed by atoms with Gasteiger partial charge in [-0.05, 0) is 55.3 Å². The molecule has 0 saturated heterocycles. The van der Waals surface area contributed by atoms with E-state index in [1.807, 2.05) is 0 Å². The Hall–Kier alpha value is -4.71. The van der Waals surface area contributed by atoms with E-state index in [-0.39, 0.29) is 39.4 Å². The second-order valence-electron chi connectivity index (χ2n) is 8.87. The number of thiazole rings is 1. The van der Waals surface area contributed by atoms with Crippen molar-refractivity contribution in [2.45, 2.75) is 19.8 Å². The Kier molecular flexibility index (Phi) is 9.26. The van der Waals surface area contributed by atoms with Crippen LogP contribution in [0.5, 0.6) is 23.0 Å². The number of hydrogen-bond donors (Lipinski definition) is 1. The maximum Gasteiger partial charge on any atom is 0.338 e. The van der Waals surface area contributed by atoms with Gasteiger partial charge in [-0.2, -0.15) is 0 Å². The fourth-order valence-corrected chi connectivity index (χ4v) is 5.89. The molecule has 0 radical (unpaired) electrons. The lowest BCUT2D eigenvalue weighted by Gasteiger charge is -2.27.